The van der Waals surface area contributed by atoms with Gasteiger partial charge in [0.15, 0.2) is 0 Å². The van der Waals surface area contributed by atoms with Gasteiger partial charge in [-0.3, -0.25) is 4.90 Å². The minimum Gasteiger partial charge on any atom is -0.323 e. The van der Waals surface area contributed by atoms with Crippen molar-refractivity contribution in [3.63, 3.8) is 0 Å². The van der Waals surface area contributed by atoms with Crippen LogP contribution >= 0.6 is 0 Å². The Bertz CT molecular complexity index is 595. The Hall–Kier alpha value is -1.59. The lowest BCUT2D eigenvalue weighted by atomic mass is 10.0. The maximum atomic E-state index is 12.5. The fourth-order valence-electron chi connectivity index (χ4n) is 2.38. The van der Waals surface area contributed by atoms with Crippen LogP contribution in [0.2, 0.25) is 0 Å². The predicted octanol–water partition coefficient (Wildman–Crippen LogP) is 3.72. The number of nitrogens with zero attached hydrogens (tertiary/aromatic N) is 1. The minimum absolute atomic E-state index is 0.189. The molecule has 0 amide bonds. The molecular weight excluding hydrogens is 277 g/mol. The lowest BCUT2D eigenvalue weighted by Crippen LogP contribution is -2.38. The van der Waals surface area contributed by atoms with Crippen molar-refractivity contribution < 1.29 is 13.2 Å². The van der Waals surface area contributed by atoms with Crippen LogP contribution in [0.1, 0.15) is 18.5 Å². The van der Waals surface area contributed by atoms with Crippen LogP contribution in [0, 0.1) is 0 Å². The molecule has 2 aromatic carbocycles. The summed E-state index contributed by atoms with van der Waals surface area (Å²) >= 11 is 0. The monoisotopic (exact) mass is 296 g/mol. The molecule has 0 fully saturated rings. The summed E-state index contributed by atoms with van der Waals surface area (Å²) in [7, 11) is 0. The molecule has 2 nitrogen and oxygen atoms in total. The van der Waals surface area contributed by atoms with Gasteiger partial charge >= 0.3 is 6.18 Å². The number of hydrogen-bond acceptors (Lipinski definition) is 2. The van der Waals surface area contributed by atoms with Crippen molar-refractivity contribution in [1.29, 1.82) is 0 Å². The van der Waals surface area contributed by atoms with E-state index in [1.54, 1.807) is 6.92 Å². The summed E-state index contributed by atoms with van der Waals surface area (Å²) in [6.45, 7) is 1.29. The number of alkyl halides is 3. The van der Waals surface area contributed by atoms with Crippen molar-refractivity contribution in [3.8, 4) is 0 Å². The topological polar surface area (TPSA) is 29.3 Å². The van der Waals surface area contributed by atoms with Gasteiger partial charge in [-0.2, -0.15) is 13.2 Å². The molecule has 1 atom stereocenters. The quantitative estimate of drug-likeness (QED) is 0.911. The number of nitrogens with two attached hydrogens (primary N) is 1. The smallest absolute Gasteiger partial charge is 0.323 e. The largest absolute Gasteiger partial charge is 0.401 e. The SMILES string of the molecule is CCN(CC(N)c1ccc2ccccc2c1)CC(F)(F)F. The molecule has 0 aromatic heterocycles. The number of benzene rings is 2. The second kappa shape index (κ2) is 6.45. The van der Waals surface area contributed by atoms with Gasteiger partial charge in [-0.15, -0.1) is 0 Å². The minimum atomic E-state index is -4.20. The zero-order chi connectivity index (χ0) is 15.5. The van der Waals surface area contributed by atoms with E-state index in [1.807, 2.05) is 42.5 Å². The fraction of sp³-hybridized carbons (Fsp3) is 0.375. The fourth-order valence-corrected chi connectivity index (χ4v) is 2.38. The highest BCUT2D eigenvalue weighted by atomic mass is 19.4. The molecule has 1 unspecified atom stereocenters. The lowest BCUT2D eigenvalue weighted by molar-refractivity contribution is -0.145. The molecule has 0 aliphatic carbocycles. The number of hydrogen-bond donors (Lipinski definition) is 1. The number of halogens is 3. The molecular formula is C16H19F3N2. The summed E-state index contributed by atoms with van der Waals surface area (Å²) in [6, 6.07) is 13.2. The Morgan fingerprint density at radius 2 is 1.76 bits per heavy atom. The van der Waals surface area contributed by atoms with Gasteiger partial charge in [-0.25, -0.2) is 0 Å². The van der Waals surface area contributed by atoms with E-state index >= 15 is 0 Å². The molecule has 2 aromatic rings. The zero-order valence-electron chi connectivity index (χ0n) is 11.9. The highest BCUT2D eigenvalue weighted by Crippen LogP contribution is 2.22. The Balaban J connectivity index is 2.11. The molecule has 114 valence electrons. The third kappa shape index (κ3) is 4.44. The molecule has 2 N–H and O–H groups in total. The van der Waals surface area contributed by atoms with Crippen molar-refractivity contribution in [2.75, 3.05) is 19.6 Å². The van der Waals surface area contributed by atoms with Gasteiger partial charge in [0, 0.05) is 12.6 Å². The average Bonchev–Trinajstić information content (AvgIpc) is 2.44. The van der Waals surface area contributed by atoms with Crippen LogP contribution in [-0.2, 0) is 0 Å². The van der Waals surface area contributed by atoms with Crippen LogP contribution in [0.3, 0.4) is 0 Å². The summed E-state index contributed by atoms with van der Waals surface area (Å²) in [5, 5.41) is 2.14. The molecule has 0 heterocycles. The first-order valence-electron chi connectivity index (χ1n) is 6.92. The second-order valence-electron chi connectivity index (χ2n) is 5.16. The van der Waals surface area contributed by atoms with Gasteiger partial charge in [0.25, 0.3) is 0 Å². The number of fused-ring (bicyclic) bond motifs is 1. The van der Waals surface area contributed by atoms with Gasteiger partial charge < -0.3 is 5.73 Å². The highest BCUT2D eigenvalue weighted by molar-refractivity contribution is 5.83. The molecule has 0 spiro atoms. The molecule has 0 aliphatic heterocycles. The molecule has 21 heavy (non-hydrogen) atoms. The molecule has 5 heteroatoms. The van der Waals surface area contributed by atoms with Crippen LogP contribution < -0.4 is 5.73 Å². The third-order valence-electron chi connectivity index (χ3n) is 3.51. The number of likely N-dealkylation sites (N-methyl/N-ethyl adjacent to an activating group) is 1. The maximum absolute atomic E-state index is 12.5. The Morgan fingerprint density at radius 3 is 2.38 bits per heavy atom. The molecule has 0 saturated heterocycles. The standard InChI is InChI=1S/C16H19F3N2/c1-2-21(11-16(17,18)19)10-15(20)14-8-7-12-5-3-4-6-13(12)9-14/h3-9,15H,2,10-11,20H2,1H3. The summed E-state index contributed by atoms with van der Waals surface area (Å²) in [5.41, 5.74) is 6.93. The van der Waals surface area contributed by atoms with E-state index in [1.165, 1.54) is 4.90 Å². The van der Waals surface area contributed by atoms with E-state index in [-0.39, 0.29) is 6.54 Å². The van der Waals surface area contributed by atoms with E-state index in [0.717, 1.165) is 16.3 Å². The summed E-state index contributed by atoms with van der Waals surface area (Å²) in [5.74, 6) is 0. The molecule has 0 aliphatic rings. The van der Waals surface area contributed by atoms with E-state index in [0.29, 0.717) is 6.54 Å². The molecule has 2 rings (SSSR count). The molecule has 0 saturated carbocycles. The van der Waals surface area contributed by atoms with Crippen LogP contribution in [0.15, 0.2) is 42.5 Å². The first-order chi connectivity index (χ1) is 9.89. The van der Waals surface area contributed by atoms with Crippen molar-refractivity contribution in [2.45, 2.75) is 19.1 Å². The molecule has 0 radical (unpaired) electrons. The second-order valence-corrected chi connectivity index (χ2v) is 5.16. The average molecular weight is 296 g/mol. The number of rotatable bonds is 5. The first kappa shape index (κ1) is 15.8. The van der Waals surface area contributed by atoms with Crippen LogP contribution in [0.4, 0.5) is 13.2 Å². The summed E-state index contributed by atoms with van der Waals surface area (Å²) in [4.78, 5) is 1.32. The predicted molar refractivity (Wildman–Crippen MR) is 79.0 cm³/mol. The van der Waals surface area contributed by atoms with Crippen molar-refractivity contribution in [1.82, 2.24) is 4.90 Å². The van der Waals surface area contributed by atoms with Gasteiger partial charge in [0.05, 0.1) is 6.54 Å². The van der Waals surface area contributed by atoms with E-state index in [9.17, 15) is 13.2 Å². The van der Waals surface area contributed by atoms with Gasteiger partial charge in [0.2, 0.25) is 0 Å². The van der Waals surface area contributed by atoms with Crippen molar-refractivity contribution in [2.24, 2.45) is 5.73 Å². The Labute approximate surface area is 122 Å². The van der Waals surface area contributed by atoms with E-state index in [4.69, 9.17) is 5.73 Å². The van der Waals surface area contributed by atoms with Gasteiger partial charge in [-0.05, 0) is 28.9 Å². The Morgan fingerprint density at radius 1 is 1.10 bits per heavy atom. The summed E-state index contributed by atoms with van der Waals surface area (Å²) in [6.07, 6.45) is -4.20. The van der Waals surface area contributed by atoms with Crippen molar-refractivity contribution in [3.05, 3.63) is 48.0 Å². The normalized spacial score (nSPS) is 13.8. The summed E-state index contributed by atoms with van der Waals surface area (Å²) < 4.78 is 37.4. The third-order valence-corrected chi connectivity index (χ3v) is 3.51. The zero-order valence-corrected chi connectivity index (χ0v) is 11.9. The van der Waals surface area contributed by atoms with Gasteiger partial charge in [-0.1, -0.05) is 43.3 Å². The van der Waals surface area contributed by atoms with Crippen LogP contribution in [0.25, 0.3) is 10.8 Å². The van der Waals surface area contributed by atoms with Crippen LogP contribution in [0.5, 0.6) is 0 Å². The van der Waals surface area contributed by atoms with Crippen LogP contribution in [-0.4, -0.2) is 30.7 Å². The first-order valence-corrected chi connectivity index (χ1v) is 6.92. The van der Waals surface area contributed by atoms with Crippen molar-refractivity contribution >= 4 is 10.8 Å². The Kier molecular flexibility index (Phi) is 4.85. The van der Waals surface area contributed by atoms with E-state index < -0.39 is 18.8 Å². The highest BCUT2D eigenvalue weighted by Gasteiger charge is 2.30. The van der Waals surface area contributed by atoms with E-state index in [2.05, 4.69) is 0 Å². The van der Waals surface area contributed by atoms with Gasteiger partial charge in [0.1, 0.15) is 0 Å². The molecule has 0 bridgehead atoms. The lowest BCUT2D eigenvalue weighted by Gasteiger charge is -2.25. The maximum Gasteiger partial charge on any atom is 0.401 e.